The number of hydrogen-bond donors (Lipinski definition) is 1. The molecule has 120 valence electrons. The lowest BCUT2D eigenvalue weighted by molar-refractivity contribution is 0.0458. The lowest BCUT2D eigenvalue weighted by Gasteiger charge is -2.36. The number of hydrogen-bond acceptors (Lipinski definition) is 3. The molecule has 2 fully saturated rings. The Kier molecular flexibility index (Phi) is 3.82. The number of piperidine rings is 1. The van der Waals surface area contributed by atoms with Crippen molar-refractivity contribution in [3.05, 3.63) is 30.4 Å². The summed E-state index contributed by atoms with van der Waals surface area (Å²) < 4.78 is 1.94. The average molecular weight is 301 g/mol. The molecule has 1 saturated heterocycles. The summed E-state index contributed by atoms with van der Waals surface area (Å²) in [6.45, 7) is 3.52. The van der Waals surface area contributed by atoms with Gasteiger partial charge in [-0.25, -0.2) is 4.98 Å². The highest BCUT2D eigenvalue weighted by Crippen LogP contribution is 2.44. The third-order valence-corrected chi connectivity index (χ3v) is 6.11. The molecule has 4 rings (SSSR count). The first-order valence-electron chi connectivity index (χ1n) is 8.76. The molecule has 0 radical (unpaired) electrons. The minimum atomic E-state index is -0.410. The Hall–Kier alpha value is -1.13. The average Bonchev–Trinajstić information content (AvgIpc) is 3.24. The zero-order chi connectivity index (χ0) is 15.1. The van der Waals surface area contributed by atoms with Crippen molar-refractivity contribution in [1.82, 2.24) is 14.5 Å². The number of imidazole rings is 1. The Labute approximate surface area is 132 Å². The molecule has 1 aromatic rings. The van der Waals surface area contributed by atoms with E-state index in [0.717, 1.165) is 49.5 Å². The van der Waals surface area contributed by atoms with Crippen molar-refractivity contribution in [2.45, 2.75) is 31.8 Å². The third-order valence-electron chi connectivity index (χ3n) is 6.11. The van der Waals surface area contributed by atoms with Crippen LogP contribution in [0, 0.1) is 23.7 Å². The monoisotopic (exact) mass is 301 g/mol. The van der Waals surface area contributed by atoms with Gasteiger partial charge in [-0.15, -0.1) is 0 Å². The molecule has 0 amide bonds. The van der Waals surface area contributed by atoms with E-state index in [4.69, 9.17) is 0 Å². The molecule has 2 heterocycles. The SMILES string of the molecule is Cn1ccnc1C(O)C1CCN(CC2CC3C=CC2C3)CC1. The minimum absolute atomic E-state index is 0.359. The van der Waals surface area contributed by atoms with Crippen LogP contribution in [0.2, 0.25) is 0 Å². The van der Waals surface area contributed by atoms with Gasteiger partial charge in [0, 0.05) is 26.0 Å². The van der Waals surface area contributed by atoms with Gasteiger partial charge in [0.05, 0.1) is 0 Å². The fourth-order valence-corrected chi connectivity index (χ4v) is 4.76. The zero-order valence-electron chi connectivity index (χ0n) is 13.4. The Morgan fingerprint density at radius 2 is 2.09 bits per heavy atom. The highest BCUT2D eigenvalue weighted by Gasteiger charge is 2.37. The third kappa shape index (κ3) is 2.63. The summed E-state index contributed by atoms with van der Waals surface area (Å²) >= 11 is 0. The van der Waals surface area contributed by atoms with Gasteiger partial charge >= 0.3 is 0 Å². The maximum Gasteiger partial charge on any atom is 0.137 e. The number of aromatic nitrogens is 2. The molecule has 1 saturated carbocycles. The molecule has 2 bridgehead atoms. The van der Waals surface area contributed by atoms with Gasteiger partial charge in [0.15, 0.2) is 0 Å². The molecule has 22 heavy (non-hydrogen) atoms. The first kappa shape index (κ1) is 14.5. The maximum absolute atomic E-state index is 10.6. The molecule has 0 spiro atoms. The Morgan fingerprint density at radius 1 is 1.27 bits per heavy atom. The Balaban J connectivity index is 1.29. The molecule has 4 unspecified atom stereocenters. The molecule has 4 heteroatoms. The molecule has 1 aromatic heterocycles. The lowest BCUT2D eigenvalue weighted by Crippen LogP contribution is -2.39. The van der Waals surface area contributed by atoms with Crippen LogP contribution in [-0.2, 0) is 7.05 Å². The second-order valence-electron chi connectivity index (χ2n) is 7.52. The highest BCUT2D eigenvalue weighted by molar-refractivity contribution is 5.10. The number of likely N-dealkylation sites (tertiary alicyclic amines) is 1. The Morgan fingerprint density at radius 3 is 2.68 bits per heavy atom. The normalized spacial score (nSPS) is 33.6. The van der Waals surface area contributed by atoms with E-state index >= 15 is 0 Å². The second kappa shape index (κ2) is 5.82. The summed E-state index contributed by atoms with van der Waals surface area (Å²) in [6, 6.07) is 0. The number of allylic oxidation sites excluding steroid dienone is 2. The van der Waals surface area contributed by atoms with Crippen LogP contribution in [-0.4, -0.2) is 39.2 Å². The van der Waals surface area contributed by atoms with Gasteiger partial charge in [0.2, 0.25) is 0 Å². The fraction of sp³-hybridized carbons (Fsp3) is 0.722. The predicted octanol–water partition coefficient (Wildman–Crippen LogP) is 2.38. The van der Waals surface area contributed by atoms with Crippen molar-refractivity contribution < 1.29 is 5.11 Å². The number of aryl methyl sites for hydroxylation is 1. The molecule has 4 atom stereocenters. The molecular formula is C18H27N3O. The molecule has 1 aliphatic heterocycles. The van der Waals surface area contributed by atoms with Crippen LogP contribution in [0.5, 0.6) is 0 Å². The maximum atomic E-state index is 10.6. The quantitative estimate of drug-likeness (QED) is 0.868. The number of rotatable bonds is 4. The minimum Gasteiger partial charge on any atom is -0.385 e. The topological polar surface area (TPSA) is 41.3 Å². The molecule has 0 aromatic carbocycles. The van der Waals surface area contributed by atoms with E-state index in [1.807, 2.05) is 17.8 Å². The van der Waals surface area contributed by atoms with E-state index in [1.54, 1.807) is 6.20 Å². The summed E-state index contributed by atoms with van der Waals surface area (Å²) in [5.41, 5.74) is 0. The van der Waals surface area contributed by atoms with Crippen molar-refractivity contribution in [3.8, 4) is 0 Å². The van der Waals surface area contributed by atoms with Gasteiger partial charge in [-0.05, 0) is 62.4 Å². The van der Waals surface area contributed by atoms with Crippen molar-refractivity contribution in [2.75, 3.05) is 19.6 Å². The van der Waals surface area contributed by atoms with E-state index in [-0.39, 0.29) is 0 Å². The van der Waals surface area contributed by atoms with Crippen LogP contribution in [0.1, 0.15) is 37.6 Å². The van der Waals surface area contributed by atoms with Gasteiger partial charge in [0.1, 0.15) is 11.9 Å². The van der Waals surface area contributed by atoms with Crippen LogP contribution in [0.4, 0.5) is 0 Å². The fourth-order valence-electron chi connectivity index (χ4n) is 4.76. The van der Waals surface area contributed by atoms with E-state index in [1.165, 1.54) is 19.4 Å². The predicted molar refractivity (Wildman–Crippen MR) is 86.2 cm³/mol. The van der Waals surface area contributed by atoms with Gasteiger partial charge in [-0.3, -0.25) is 0 Å². The molecule has 3 aliphatic rings. The summed E-state index contributed by atoms with van der Waals surface area (Å²) in [7, 11) is 1.96. The largest absolute Gasteiger partial charge is 0.385 e. The first-order valence-corrected chi connectivity index (χ1v) is 8.76. The zero-order valence-corrected chi connectivity index (χ0v) is 13.4. The second-order valence-corrected chi connectivity index (χ2v) is 7.52. The molecular weight excluding hydrogens is 274 g/mol. The van der Waals surface area contributed by atoms with Gasteiger partial charge in [-0.1, -0.05) is 12.2 Å². The van der Waals surface area contributed by atoms with Crippen LogP contribution in [0.3, 0.4) is 0 Å². The summed E-state index contributed by atoms with van der Waals surface area (Å²) in [5.74, 6) is 3.78. The molecule has 4 nitrogen and oxygen atoms in total. The highest BCUT2D eigenvalue weighted by atomic mass is 16.3. The van der Waals surface area contributed by atoms with Crippen LogP contribution in [0.15, 0.2) is 24.5 Å². The number of aliphatic hydroxyl groups is 1. The van der Waals surface area contributed by atoms with E-state index < -0.39 is 6.10 Å². The van der Waals surface area contributed by atoms with Crippen molar-refractivity contribution in [1.29, 1.82) is 0 Å². The van der Waals surface area contributed by atoms with Crippen LogP contribution >= 0.6 is 0 Å². The number of aliphatic hydroxyl groups excluding tert-OH is 1. The van der Waals surface area contributed by atoms with Crippen molar-refractivity contribution in [2.24, 2.45) is 30.7 Å². The lowest BCUT2D eigenvalue weighted by atomic mass is 9.88. The van der Waals surface area contributed by atoms with Gasteiger partial charge < -0.3 is 14.6 Å². The van der Waals surface area contributed by atoms with Crippen LogP contribution < -0.4 is 0 Å². The smallest absolute Gasteiger partial charge is 0.137 e. The summed E-state index contributed by atoms with van der Waals surface area (Å²) in [6.07, 6.45) is 13.1. The van der Waals surface area contributed by atoms with Gasteiger partial charge in [0.25, 0.3) is 0 Å². The molecule has 2 aliphatic carbocycles. The Bertz CT molecular complexity index is 544. The standard InChI is InChI=1S/C18H27N3O/c1-20-9-6-19-18(20)17(22)14-4-7-21(8-5-14)12-16-11-13-2-3-15(16)10-13/h2-3,6,9,13-17,22H,4-5,7-8,10-12H2,1H3. The van der Waals surface area contributed by atoms with Crippen LogP contribution in [0.25, 0.3) is 0 Å². The summed E-state index contributed by atoms with van der Waals surface area (Å²) in [4.78, 5) is 6.94. The number of fused-ring (bicyclic) bond motifs is 2. The van der Waals surface area contributed by atoms with Gasteiger partial charge in [-0.2, -0.15) is 0 Å². The van der Waals surface area contributed by atoms with E-state index in [2.05, 4.69) is 22.0 Å². The molecule has 1 N–H and O–H groups in total. The summed E-state index contributed by atoms with van der Waals surface area (Å²) in [5, 5.41) is 10.6. The first-order chi connectivity index (χ1) is 10.7. The van der Waals surface area contributed by atoms with E-state index in [0.29, 0.717) is 5.92 Å². The van der Waals surface area contributed by atoms with Crippen molar-refractivity contribution in [3.63, 3.8) is 0 Å². The van der Waals surface area contributed by atoms with Crippen molar-refractivity contribution >= 4 is 0 Å². The number of nitrogens with zero attached hydrogens (tertiary/aromatic N) is 3. The van der Waals surface area contributed by atoms with E-state index in [9.17, 15) is 5.11 Å².